The minimum absolute atomic E-state index is 0.435. The Balaban J connectivity index is 3.09. The standard InChI is InChI=1S/C13H26/c1-9-10(2)13(9,11(3,4)5)12(6,7)8/h9-10H,1-8H3/t9-,10+. The van der Waals surface area contributed by atoms with E-state index in [0.717, 1.165) is 11.8 Å². The van der Waals surface area contributed by atoms with Gasteiger partial charge in [-0.3, -0.25) is 0 Å². The molecule has 1 fully saturated rings. The largest absolute Gasteiger partial charge is 0.0617 e. The van der Waals surface area contributed by atoms with Crippen LogP contribution in [-0.4, -0.2) is 0 Å². The van der Waals surface area contributed by atoms with Gasteiger partial charge in [0.1, 0.15) is 0 Å². The van der Waals surface area contributed by atoms with Gasteiger partial charge >= 0.3 is 0 Å². The van der Waals surface area contributed by atoms with Gasteiger partial charge in [-0.1, -0.05) is 55.4 Å². The van der Waals surface area contributed by atoms with Crippen LogP contribution in [-0.2, 0) is 0 Å². The summed E-state index contributed by atoms with van der Waals surface area (Å²) in [6.07, 6.45) is 0. The summed E-state index contributed by atoms with van der Waals surface area (Å²) < 4.78 is 0. The van der Waals surface area contributed by atoms with E-state index in [0.29, 0.717) is 16.2 Å². The summed E-state index contributed by atoms with van der Waals surface area (Å²) in [4.78, 5) is 0. The molecule has 1 rings (SSSR count). The summed E-state index contributed by atoms with van der Waals surface area (Å²) in [6.45, 7) is 19.2. The third kappa shape index (κ3) is 1.17. The molecule has 1 aliphatic carbocycles. The third-order valence-electron chi connectivity index (χ3n) is 4.56. The van der Waals surface area contributed by atoms with Gasteiger partial charge in [0.25, 0.3) is 0 Å². The molecule has 0 amide bonds. The van der Waals surface area contributed by atoms with Crippen LogP contribution < -0.4 is 0 Å². The van der Waals surface area contributed by atoms with Crippen LogP contribution in [0.25, 0.3) is 0 Å². The fourth-order valence-corrected chi connectivity index (χ4v) is 4.63. The van der Waals surface area contributed by atoms with Crippen LogP contribution >= 0.6 is 0 Å². The van der Waals surface area contributed by atoms with Gasteiger partial charge in [0.2, 0.25) is 0 Å². The van der Waals surface area contributed by atoms with E-state index in [1.54, 1.807) is 0 Å². The molecule has 0 N–H and O–H groups in total. The quantitative estimate of drug-likeness (QED) is 0.522. The topological polar surface area (TPSA) is 0 Å². The SMILES string of the molecule is C[C@@H]1[C@H](C)C1(C(C)(C)C)C(C)(C)C. The first-order chi connectivity index (χ1) is 5.57. The average Bonchev–Trinajstić information content (AvgIpc) is 2.32. The van der Waals surface area contributed by atoms with E-state index in [1.807, 2.05) is 0 Å². The summed E-state index contributed by atoms with van der Waals surface area (Å²) in [5, 5.41) is 0. The summed E-state index contributed by atoms with van der Waals surface area (Å²) in [5.74, 6) is 1.76. The zero-order valence-corrected chi connectivity index (χ0v) is 10.7. The molecule has 13 heavy (non-hydrogen) atoms. The number of rotatable bonds is 0. The van der Waals surface area contributed by atoms with Crippen molar-refractivity contribution < 1.29 is 0 Å². The van der Waals surface area contributed by atoms with Crippen LogP contribution in [0.3, 0.4) is 0 Å². The lowest BCUT2D eigenvalue weighted by molar-refractivity contribution is 0.0478. The van der Waals surface area contributed by atoms with Gasteiger partial charge in [-0.15, -0.1) is 0 Å². The van der Waals surface area contributed by atoms with Gasteiger partial charge in [0, 0.05) is 0 Å². The Morgan fingerprint density at radius 3 is 0.923 bits per heavy atom. The molecule has 0 heterocycles. The third-order valence-corrected chi connectivity index (χ3v) is 4.56. The van der Waals surface area contributed by atoms with E-state index in [1.165, 1.54) is 0 Å². The van der Waals surface area contributed by atoms with E-state index in [-0.39, 0.29) is 0 Å². The van der Waals surface area contributed by atoms with Crippen molar-refractivity contribution in [2.24, 2.45) is 28.1 Å². The van der Waals surface area contributed by atoms with E-state index in [4.69, 9.17) is 0 Å². The van der Waals surface area contributed by atoms with Crippen LogP contribution in [0.1, 0.15) is 55.4 Å². The molecule has 0 heteroatoms. The minimum Gasteiger partial charge on any atom is -0.0617 e. The molecule has 0 nitrogen and oxygen atoms in total. The second-order valence-electron chi connectivity index (χ2n) is 6.95. The minimum atomic E-state index is 0.435. The predicted octanol–water partition coefficient (Wildman–Crippen LogP) is 4.35. The molecule has 0 radical (unpaired) electrons. The lowest BCUT2D eigenvalue weighted by atomic mass is 9.61. The van der Waals surface area contributed by atoms with Crippen molar-refractivity contribution in [1.82, 2.24) is 0 Å². The normalized spacial score (nSPS) is 33.2. The first kappa shape index (κ1) is 11.1. The van der Waals surface area contributed by atoms with Crippen molar-refractivity contribution in [3.63, 3.8) is 0 Å². The molecule has 0 aromatic rings. The molecule has 0 saturated heterocycles. The first-order valence-electron chi connectivity index (χ1n) is 5.57. The molecule has 1 saturated carbocycles. The smallest absolute Gasteiger partial charge is 0.0144 e. The fourth-order valence-electron chi connectivity index (χ4n) is 4.63. The number of hydrogen-bond donors (Lipinski definition) is 0. The maximum Gasteiger partial charge on any atom is -0.0144 e. The van der Waals surface area contributed by atoms with Gasteiger partial charge in [-0.25, -0.2) is 0 Å². The molecule has 78 valence electrons. The van der Waals surface area contributed by atoms with E-state index < -0.39 is 0 Å². The Kier molecular flexibility index (Phi) is 2.15. The lowest BCUT2D eigenvalue weighted by Gasteiger charge is -2.43. The Labute approximate surface area is 84.1 Å². The molecule has 0 aromatic heterocycles. The van der Waals surface area contributed by atoms with Crippen molar-refractivity contribution in [2.45, 2.75) is 55.4 Å². The van der Waals surface area contributed by atoms with E-state index in [9.17, 15) is 0 Å². The Morgan fingerprint density at radius 1 is 0.692 bits per heavy atom. The molecule has 0 bridgehead atoms. The maximum atomic E-state index is 2.42. The second kappa shape index (κ2) is 2.52. The van der Waals surface area contributed by atoms with E-state index in [2.05, 4.69) is 55.4 Å². The molecule has 0 aliphatic heterocycles. The highest BCUT2D eigenvalue weighted by molar-refractivity contribution is 5.17. The molecule has 0 unspecified atom stereocenters. The molecular formula is C13H26. The highest BCUT2D eigenvalue weighted by Gasteiger charge is 2.69. The second-order valence-corrected chi connectivity index (χ2v) is 6.95. The Bertz CT molecular complexity index is 175. The maximum absolute atomic E-state index is 2.42. The van der Waals surface area contributed by atoms with Crippen LogP contribution in [0.5, 0.6) is 0 Å². The van der Waals surface area contributed by atoms with Crippen molar-refractivity contribution in [3.8, 4) is 0 Å². The fraction of sp³-hybridized carbons (Fsp3) is 1.00. The van der Waals surface area contributed by atoms with Crippen molar-refractivity contribution in [3.05, 3.63) is 0 Å². The Hall–Kier alpha value is 0. The zero-order valence-electron chi connectivity index (χ0n) is 10.7. The lowest BCUT2D eigenvalue weighted by Crippen LogP contribution is -2.37. The highest BCUT2D eigenvalue weighted by Crippen LogP contribution is 2.75. The molecular weight excluding hydrogens is 156 g/mol. The summed E-state index contributed by atoms with van der Waals surface area (Å²) in [6, 6.07) is 0. The van der Waals surface area contributed by atoms with E-state index >= 15 is 0 Å². The molecule has 0 spiro atoms. The molecule has 1 aliphatic rings. The van der Waals surface area contributed by atoms with Crippen LogP contribution in [0, 0.1) is 28.1 Å². The van der Waals surface area contributed by atoms with Gasteiger partial charge in [-0.2, -0.15) is 0 Å². The molecule has 0 aromatic carbocycles. The van der Waals surface area contributed by atoms with Gasteiger partial charge in [0.15, 0.2) is 0 Å². The van der Waals surface area contributed by atoms with Gasteiger partial charge in [-0.05, 0) is 28.1 Å². The predicted molar refractivity (Wildman–Crippen MR) is 59.7 cm³/mol. The highest BCUT2D eigenvalue weighted by atomic mass is 14.7. The monoisotopic (exact) mass is 182 g/mol. The number of hydrogen-bond acceptors (Lipinski definition) is 0. The van der Waals surface area contributed by atoms with Crippen molar-refractivity contribution in [2.75, 3.05) is 0 Å². The average molecular weight is 182 g/mol. The van der Waals surface area contributed by atoms with Crippen LogP contribution in [0.4, 0.5) is 0 Å². The Morgan fingerprint density at radius 2 is 0.923 bits per heavy atom. The van der Waals surface area contributed by atoms with Crippen molar-refractivity contribution in [1.29, 1.82) is 0 Å². The van der Waals surface area contributed by atoms with Crippen LogP contribution in [0.15, 0.2) is 0 Å². The first-order valence-corrected chi connectivity index (χ1v) is 5.57. The van der Waals surface area contributed by atoms with Crippen LogP contribution in [0.2, 0.25) is 0 Å². The van der Waals surface area contributed by atoms with Crippen molar-refractivity contribution >= 4 is 0 Å². The van der Waals surface area contributed by atoms with Gasteiger partial charge in [0.05, 0.1) is 0 Å². The summed E-state index contributed by atoms with van der Waals surface area (Å²) in [7, 11) is 0. The summed E-state index contributed by atoms with van der Waals surface area (Å²) >= 11 is 0. The summed E-state index contributed by atoms with van der Waals surface area (Å²) in [5.41, 5.74) is 1.41. The van der Waals surface area contributed by atoms with Gasteiger partial charge < -0.3 is 0 Å². The zero-order chi connectivity index (χ0) is 10.7. The molecule has 2 atom stereocenters.